The third kappa shape index (κ3) is 34.1. The van der Waals surface area contributed by atoms with Crippen LogP contribution in [-0.2, 0) is 36.7 Å². The van der Waals surface area contributed by atoms with Crippen molar-refractivity contribution in [2.45, 2.75) is 78.9 Å². The second kappa shape index (κ2) is 21.1. The summed E-state index contributed by atoms with van der Waals surface area (Å²) in [6.45, 7) is 14.2. The Hall–Kier alpha value is -2.86. The van der Waals surface area contributed by atoms with Crippen LogP contribution in [0, 0.1) is 0 Å². The minimum absolute atomic E-state index is 0. The molecule has 0 aliphatic carbocycles. The molecular formula is C30H48F12FeN10P2. The van der Waals surface area contributed by atoms with Gasteiger partial charge in [-0.2, -0.15) is 0 Å². The van der Waals surface area contributed by atoms with Crippen molar-refractivity contribution in [1.82, 2.24) is 33.6 Å². The van der Waals surface area contributed by atoms with E-state index in [0.29, 0.717) is 19.6 Å². The molecule has 10 nitrogen and oxygen atoms in total. The van der Waals surface area contributed by atoms with E-state index in [1.54, 1.807) is 0 Å². The molecule has 0 saturated carbocycles. The predicted octanol–water partition coefficient (Wildman–Crippen LogP) is 11.4. The van der Waals surface area contributed by atoms with Crippen molar-refractivity contribution in [3.63, 3.8) is 0 Å². The first-order chi connectivity index (χ1) is 24.6. The molecule has 0 atom stereocenters. The SMILES string of the molecule is CCCCn1ccnc1C=NCCN(CCN=Cc1nccn1CCCC)CCN=Cc1nccn1CCCC.F[P-](F)(F)(F)(F)F.F[P-](F)(F)(F)(F)F.[Fe+2]. The van der Waals surface area contributed by atoms with Crippen LogP contribution < -0.4 is 0 Å². The number of unbranched alkanes of at least 4 members (excludes halogenated alkanes) is 3. The number of hydrogen-bond acceptors (Lipinski definition) is 7. The summed E-state index contributed by atoms with van der Waals surface area (Å²) in [5.74, 6) is 2.77. The average Bonchev–Trinajstić information content (AvgIpc) is 3.78. The fourth-order valence-corrected chi connectivity index (χ4v) is 4.27. The fourth-order valence-electron chi connectivity index (χ4n) is 4.27. The Morgan fingerprint density at radius 3 is 0.964 bits per heavy atom. The van der Waals surface area contributed by atoms with E-state index in [1.165, 1.54) is 0 Å². The molecule has 3 aromatic rings. The normalized spacial score (nSPS) is 14.8. The largest absolute Gasteiger partial charge is 2.00 e. The molecule has 0 fully saturated rings. The van der Waals surface area contributed by atoms with E-state index in [-0.39, 0.29) is 17.1 Å². The van der Waals surface area contributed by atoms with E-state index in [0.717, 1.165) is 95.3 Å². The van der Waals surface area contributed by atoms with Gasteiger partial charge in [0.2, 0.25) is 0 Å². The second-order valence-electron chi connectivity index (χ2n) is 11.9. The summed E-state index contributed by atoms with van der Waals surface area (Å²) < 4.78 is 125. The minimum atomic E-state index is -10.7. The summed E-state index contributed by atoms with van der Waals surface area (Å²) in [7, 11) is -21.3. The molecule has 25 heteroatoms. The van der Waals surface area contributed by atoms with Crippen LogP contribution in [0.25, 0.3) is 0 Å². The molecule has 0 N–H and O–H groups in total. The smallest absolute Gasteiger partial charge is 2.00 e. The zero-order valence-corrected chi connectivity index (χ0v) is 33.5. The van der Waals surface area contributed by atoms with Gasteiger partial charge in [-0.15, -0.1) is 0 Å². The van der Waals surface area contributed by atoms with E-state index in [2.05, 4.69) is 69.3 Å². The fraction of sp³-hybridized carbons (Fsp3) is 0.600. The van der Waals surface area contributed by atoms with Crippen LogP contribution in [0.3, 0.4) is 0 Å². The van der Waals surface area contributed by atoms with Crippen molar-refractivity contribution >= 4 is 34.3 Å². The van der Waals surface area contributed by atoms with Gasteiger partial charge in [-0.1, -0.05) is 40.0 Å². The molecule has 3 aromatic heterocycles. The Labute approximate surface area is 322 Å². The second-order valence-corrected chi connectivity index (χ2v) is 15.7. The van der Waals surface area contributed by atoms with Crippen molar-refractivity contribution < 1.29 is 67.4 Å². The van der Waals surface area contributed by atoms with Crippen molar-refractivity contribution in [1.29, 1.82) is 0 Å². The van der Waals surface area contributed by atoms with Crippen molar-refractivity contribution in [2.75, 3.05) is 39.3 Å². The third-order valence-corrected chi connectivity index (χ3v) is 6.76. The molecule has 55 heavy (non-hydrogen) atoms. The molecule has 320 valence electrons. The monoisotopic (exact) mass is 894 g/mol. The van der Waals surface area contributed by atoms with Gasteiger partial charge in [-0.25, -0.2) is 15.0 Å². The quantitative estimate of drug-likeness (QED) is 0.0461. The van der Waals surface area contributed by atoms with E-state index >= 15 is 0 Å². The summed E-state index contributed by atoms with van der Waals surface area (Å²) in [4.78, 5) is 29.8. The maximum atomic E-state index is 9.87. The van der Waals surface area contributed by atoms with Crippen LogP contribution in [0.4, 0.5) is 50.4 Å². The van der Waals surface area contributed by atoms with Gasteiger partial charge in [-0.05, 0) is 19.3 Å². The summed E-state index contributed by atoms with van der Waals surface area (Å²) in [6.07, 6.45) is 24.2. The number of nitrogens with zero attached hydrogens (tertiary/aromatic N) is 10. The summed E-state index contributed by atoms with van der Waals surface area (Å²) in [6, 6.07) is 0. The standard InChI is InChI=1S/C30H48N10.2F6P.Fe/c1-4-7-16-38-22-13-34-28(38)25-31-10-19-37(20-11-32-26-29-35-14-23-39(29)17-8-5-2)21-12-33-27-30-36-15-24-40(30)18-9-6-3;2*1-7(2,3,4,5)6;/h13-15,22-27H,4-12,16-21H2,1-3H3;;;/q;2*-1;+2. The Kier molecular flexibility index (Phi) is 20.0. The van der Waals surface area contributed by atoms with Gasteiger partial charge in [0, 0.05) is 76.4 Å². The van der Waals surface area contributed by atoms with Crippen molar-refractivity contribution in [3.8, 4) is 0 Å². The third-order valence-electron chi connectivity index (χ3n) is 6.76. The molecule has 0 spiro atoms. The topological polar surface area (TPSA) is 93.8 Å². The first kappa shape index (κ1) is 52.1. The maximum absolute atomic E-state index is 10.7. The van der Waals surface area contributed by atoms with Crippen LogP contribution in [0.2, 0.25) is 0 Å². The Bertz CT molecular complexity index is 1410. The number of aliphatic imine (C=N–C) groups is 3. The Morgan fingerprint density at radius 1 is 0.509 bits per heavy atom. The number of halogens is 12. The molecule has 0 unspecified atom stereocenters. The molecule has 0 amide bonds. The van der Waals surface area contributed by atoms with Crippen molar-refractivity contribution in [2.24, 2.45) is 15.0 Å². The van der Waals surface area contributed by atoms with Crippen LogP contribution in [0.15, 0.2) is 52.2 Å². The Balaban J connectivity index is 0.00000165. The Morgan fingerprint density at radius 2 is 0.745 bits per heavy atom. The van der Waals surface area contributed by atoms with Gasteiger partial charge >= 0.3 is 83.0 Å². The van der Waals surface area contributed by atoms with E-state index in [4.69, 9.17) is 0 Å². The molecule has 0 aromatic carbocycles. The molecule has 0 aliphatic rings. The molecule has 0 radical (unpaired) electrons. The molecule has 3 heterocycles. The van der Waals surface area contributed by atoms with Crippen LogP contribution >= 0.6 is 15.6 Å². The summed E-state index contributed by atoms with van der Waals surface area (Å²) in [5, 5.41) is 0. The average molecular weight is 895 g/mol. The molecule has 0 bridgehead atoms. The minimum Gasteiger partial charge on any atom is 2.00 e. The van der Waals surface area contributed by atoms with Gasteiger partial charge in [0.25, 0.3) is 0 Å². The number of aromatic nitrogens is 6. The van der Waals surface area contributed by atoms with Gasteiger partial charge in [0.1, 0.15) is 0 Å². The summed E-state index contributed by atoms with van der Waals surface area (Å²) >= 11 is 0. The number of aryl methyl sites for hydroxylation is 3. The first-order valence-corrected chi connectivity index (χ1v) is 21.1. The van der Waals surface area contributed by atoms with Crippen LogP contribution in [-0.4, -0.2) is 91.5 Å². The van der Waals surface area contributed by atoms with Crippen molar-refractivity contribution in [3.05, 3.63) is 54.7 Å². The first-order valence-electron chi connectivity index (χ1n) is 17.0. The number of hydrogen-bond donors (Lipinski definition) is 0. The predicted molar refractivity (Wildman–Crippen MR) is 192 cm³/mol. The van der Waals surface area contributed by atoms with E-state index < -0.39 is 15.6 Å². The summed E-state index contributed by atoms with van der Waals surface area (Å²) in [5.41, 5.74) is 0. The van der Waals surface area contributed by atoms with E-state index in [9.17, 15) is 50.4 Å². The molecular weight excluding hydrogens is 846 g/mol. The molecule has 0 saturated heterocycles. The zero-order valence-electron chi connectivity index (χ0n) is 30.6. The number of imidazole rings is 3. The van der Waals surface area contributed by atoms with Crippen LogP contribution in [0.5, 0.6) is 0 Å². The van der Waals surface area contributed by atoms with Gasteiger partial charge in [-0.3, -0.25) is 19.9 Å². The maximum Gasteiger partial charge on any atom is 2.00 e. The zero-order chi connectivity index (χ0) is 41.1. The van der Waals surface area contributed by atoms with Gasteiger partial charge < -0.3 is 13.7 Å². The van der Waals surface area contributed by atoms with Gasteiger partial charge in [0.05, 0.1) is 38.3 Å². The van der Waals surface area contributed by atoms with Crippen LogP contribution in [0.1, 0.15) is 76.8 Å². The number of rotatable bonds is 21. The molecule has 3 rings (SSSR count). The molecule has 0 aliphatic heterocycles. The van der Waals surface area contributed by atoms with E-state index in [1.807, 2.05) is 55.8 Å². The van der Waals surface area contributed by atoms with Gasteiger partial charge in [0.15, 0.2) is 17.5 Å².